The van der Waals surface area contributed by atoms with Crippen molar-refractivity contribution < 1.29 is 19.4 Å². The van der Waals surface area contributed by atoms with Crippen molar-refractivity contribution in [1.29, 1.82) is 0 Å². The summed E-state index contributed by atoms with van der Waals surface area (Å²) in [6.45, 7) is 7.69. The largest absolute Gasteiger partial charge is 0.481 e. The zero-order valence-corrected chi connectivity index (χ0v) is 12.1. The summed E-state index contributed by atoms with van der Waals surface area (Å²) in [6, 6.07) is -0.237. The molecule has 20 heavy (non-hydrogen) atoms. The number of carboxylic acid groups (broad SMARTS) is 1. The normalized spacial score (nSPS) is 17.2. The SMILES string of the molecule is C=CCN(CCC)C(=O)NCC1(C(=O)O)CCOCC1. The van der Waals surface area contributed by atoms with Crippen molar-refractivity contribution in [2.24, 2.45) is 5.41 Å². The number of hydrogen-bond donors (Lipinski definition) is 2. The molecule has 114 valence electrons. The van der Waals surface area contributed by atoms with E-state index in [1.54, 1.807) is 11.0 Å². The summed E-state index contributed by atoms with van der Waals surface area (Å²) in [4.78, 5) is 25.2. The molecule has 1 aliphatic heterocycles. The summed E-state index contributed by atoms with van der Waals surface area (Å²) in [5, 5.41) is 12.2. The van der Waals surface area contributed by atoms with Gasteiger partial charge in [0.25, 0.3) is 0 Å². The molecule has 1 aliphatic rings. The van der Waals surface area contributed by atoms with Crippen LogP contribution in [0, 0.1) is 5.41 Å². The molecule has 0 aromatic heterocycles. The van der Waals surface area contributed by atoms with Gasteiger partial charge in [0.15, 0.2) is 0 Å². The molecule has 0 bridgehead atoms. The minimum absolute atomic E-state index is 0.141. The number of rotatable bonds is 7. The van der Waals surface area contributed by atoms with Gasteiger partial charge in [0.1, 0.15) is 0 Å². The van der Waals surface area contributed by atoms with E-state index in [0.717, 1.165) is 6.42 Å². The minimum atomic E-state index is -0.903. The van der Waals surface area contributed by atoms with Crippen LogP contribution >= 0.6 is 0 Å². The van der Waals surface area contributed by atoms with Gasteiger partial charge in [0, 0.05) is 32.8 Å². The lowest BCUT2D eigenvalue weighted by Crippen LogP contribution is -2.50. The van der Waals surface area contributed by atoms with Gasteiger partial charge in [-0.15, -0.1) is 6.58 Å². The van der Waals surface area contributed by atoms with E-state index in [1.165, 1.54) is 0 Å². The van der Waals surface area contributed by atoms with Gasteiger partial charge in [-0.1, -0.05) is 13.0 Å². The Morgan fingerprint density at radius 2 is 2.10 bits per heavy atom. The first-order valence-corrected chi connectivity index (χ1v) is 7.00. The molecule has 1 fully saturated rings. The summed E-state index contributed by atoms with van der Waals surface area (Å²) in [5.41, 5.74) is -0.903. The maximum Gasteiger partial charge on any atom is 0.317 e. The molecule has 0 spiro atoms. The third-order valence-corrected chi connectivity index (χ3v) is 3.61. The second-order valence-corrected chi connectivity index (χ2v) is 5.09. The molecule has 1 saturated heterocycles. The van der Waals surface area contributed by atoms with Crippen molar-refractivity contribution in [3.8, 4) is 0 Å². The number of amides is 2. The van der Waals surface area contributed by atoms with Gasteiger partial charge in [-0.05, 0) is 19.3 Å². The Bertz CT molecular complexity index is 351. The van der Waals surface area contributed by atoms with E-state index in [9.17, 15) is 14.7 Å². The summed E-state index contributed by atoms with van der Waals surface area (Å²) < 4.78 is 5.21. The van der Waals surface area contributed by atoms with E-state index in [1.807, 2.05) is 6.92 Å². The predicted molar refractivity (Wildman–Crippen MR) is 75.6 cm³/mol. The Morgan fingerprint density at radius 1 is 1.45 bits per heavy atom. The molecule has 0 aromatic rings. The molecule has 2 amide bonds. The van der Waals surface area contributed by atoms with Crippen LogP contribution in [0.3, 0.4) is 0 Å². The number of carbonyl (C=O) groups is 2. The minimum Gasteiger partial charge on any atom is -0.481 e. The van der Waals surface area contributed by atoms with Crippen LogP contribution in [0.4, 0.5) is 4.79 Å². The lowest BCUT2D eigenvalue weighted by atomic mass is 9.80. The van der Waals surface area contributed by atoms with Crippen LogP contribution in [0.1, 0.15) is 26.2 Å². The molecule has 0 aliphatic carbocycles. The van der Waals surface area contributed by atoms with Crippen molar-refractivity contribution in [1.82, 2.24) is 10.2 Å². The lowest BCUT2D eigenvalue weighted by Gasteiger charge is -2.34. The molecule has 2 N–H and O–H groups in total. The first-order valence-electron chi connectivity index (χ1n) is 7.00. The van der Waals surface area contributed by atoms with Gasteiger partial charge in [0.2, 0.25) is 0 Å². The van der Waals surface area contributed by atoms with Crippen molar-refractivity contribution in [2.75, 3.05) is 32.8 Å². The van der Waals surface area contributed by atoms with Gasteiger partial charge in [-0.25, -0.2) is 4.79 Å². The van der Waals surface area contributed by atoms with Crippen LogP contribution in [0.5, 0.6) is 0 Å². The Labute approximate surface area is 119 Å². The van der Waals surface area contributed by atoms with Gasteiger partial charge in [0.05, 0.1) is 5.41 Å². The average Bonchev–Trinajstić information content (AvgIpc) is 2.45. The van der Waals surface area contributed by atoms with Crippen LogP contribution < -0.4 is 5.32 Å². The second-order valence-electron chi connectivity index (χ2n) is 5.09. The van der Waals surface area contributed by atoms with Crippen LogP contribution in [-0.4, -0.2) is 54.9 Å². The number of nitrogens with one attached hydrogen (secondary N) is 1. The van der Waals surface area contributed by atoms with Crippen LogP contribution in [0.2, 0.25) is 0 Å². The molecule has 0 unspecified atom stereocenters. The molecule has 0 radical (unpaired) electrons. The molecule has 0 saturated carbocycles. The quantitative estimate of drug-likeness (QED) is 0.694. The molecular weight excluding hydrogens is 260 g/mol. The van der Waals surface area contributed by atoms with Gasteiger partial charge in [-0.2, -0.15) is 0 Å². The Morgan fingerprint density at radius 3 is 2.60 bits per heavy atom. The predicted octanol–water partition coefficient (Wildman–Crippen LogP) is 1.48. The number of aliphatic carboxylic acids is 1. The number of urea groups is 1. The Hall–Kier alpha value is -1.56. The summed E-state index contributed by atoms with van der Waals surface area (Å²) in [7, 11) is 0. The maximum absolute atomic E-state index is 12.1. The van der Waals surface area contributed by atoms with Crippen LogP contribution in [-0.2, 0) is 9.53 Å². The van der Waals surface area contributed by atoms with E-state index in [2.05, 4.69) is 11.9 Å². The van der Waals surface area contributed by atoms with Gasteiger partial charge < -0.3 is 20.1 Å². The topological polar surface area (TPSA) is 78.9 Å². The van der Waals surface area contributed by atoms with Crippen molar-refractivity contribution in [3.63, 3.8) is 0 Å². The fourth-order valence-electron chi connectivity index (χ4n) is 2.29. The standard InChI is InChI=1S/C14H24N2O4/c1-3-7-16(8-4-2)13(19)15-11-14(12(17)18)5-9-20-10-6-14/h3H,1,4-11H2,2H3,(H,15,19)(H,17,18). The fraction of sp³-hybridized carbons (Fsp3) is 0.714. The van der Waals surface area contributed by atoms with Crippen molar-refractivity contribution in [2.45, 2.75) is 26.2 Å². The third kappa shape index (κ3) is 4.23. The molecule has 0 aromatic carbocycles. The second kappa shape index (κ2) is 7.89. The van der Waals surface area contributed by atoms with Crippen molar-refractivity contribution >= 4 is 12.0 Å². The fourth-order valence-corrected chi connectivity index (χ4v) is 2.29. The van der Waals surface area contributed by atoms with Crippen molar-refractivity contribution in [3.05, 3.63) is 12.7 Å². The summed E-state index contributed by atoms with van der Waals surface area (Å²) >= 11 is 0. The van der Waals surface area contributed by atoms with E-state index >= 15 is 0 Å². The van der Waals surface area contributed by atoms with E-state index in [-0.39, 0.29) is 12.6 Å². The highest BCUT2D eigenvalue weighted by Crippen LogP contribution is 2.30. The monoisotopic (exact) mass is 284 g/mol. The van der Waals surface area contributed by atoms with Crippen LogP contribution in [0.15, 0.2) is 12.7 Å². The zero-order valence-electron chi connectivity index (χ0n) is 12.1. The maximum atomic E-state index is 12.1. The number of carbonyl (C=O) groups excluding carboxylic acids is 1. The highest BCUT2D eigenvalue weighted by molar-refractivity contribution is 5.78. The number of ether oxygens (including phenoxy) is 1. The first kappa shape index (κ1) is 16.5. The molecule has 6 heteroatoms. The third-order valence-electron chi connectivity index (χ3n) is 3.61. The molecule has 0 atom stereocenters. The highest BCUT2D eigenvalue weighted by Gasteiger charge is 2.40. The smallest absolute Gasteiger partial charge is 0.317 e. The van der Waals surface area contributed by atoms with E-state index in [0.29, 0.717) is 39.1 Å². The van der Waals surface area contributed by atoms with Gasteiger partial charge >= 0.3 is 12.0 Å². The first-order chi connectivity index (χ1) is 9.55. The molecule has 6 nitrogen and oxygen atoms in total. The van der Waals surface area contributed by atoms with Crippen LogP contribution in [0.25, 0.3) is 0 Å². The van der Waals surface area contributed by atoms with E-state index < -0.39 is 11.4 Å². The Balaban J connectivity index is 2.59. The number of hydrogen-bond acceptors (Lipinski definition) is 3. The average molecular weight is 284 g/mol. The summed E-state index contributed by atoms with van der Waals surface area (Å²) in [6.07, 6.45) is 3.37. The number of carboxylic acids is 1. The zero-order chi connectivity index (χ0) is 15.0. The number of nitrogens with zero attached hydrogens (tertiary/aromatic N) is 1. The molecule has 1 heterocycles. The van der Waals surface area contributed by atoms with E-state index in [4.69, 9.17) is 4.74 Å². The Kier molecular flexibility index (Phi) is 6.51. The lowest BCUT2D eigenvalue weighted by molar-refractivity contribution is -0.154. The highest BCUT2D eigenvalue weighted by atomic mass is 16.5. The van der Waals surface area contributed by atoms with Gasteiger partial charge in [-0.3, -0.25) is 4.79 Å². The summed E-state index contributed by atoms with van der Waals surface area (Å²) in [5.74, 6) is -0.869. The molecular formula is C14H24N2O4. The molecule has 1 rings (SSSR count).